The van der Waals surface area contributed by atoms with Crippen molar-refractivity contribution in [3.63, 3.8) is 0 Å². The average Bonchev–Trinajstić information content (AvgIpc) is 1.73. The molecule has 1 nitrogen and oxygen atoms in total. The molecular weight excluding hydrogens is 147 g/mol. The van der Waals surface area contributed by atoms with Gasteiger partial charge in [-0.15, -0.1) is 0 Å². The van der Waals surface area contributed by atoms with Crippen LogP contribution in [0.1, 0.15) is 6.92 Å². The zero-order chi connectivity index (χ0) is 5.36. The molecule has 0 aromatic heterocycles. The Hall–Kier alpha value is 0.915. The van der Waals surface area contributed by atoms with Crippen LogP contribution in [0.2, 0.25) is 0 Å². The van der Waals surface area contributed by atoms with E-state index < -0.39 is 6.98 Å². The highest BCUT2D eigenvalue weighted by Crippen LogP contribution is 3.00. The first-order valence-electron chi connectivity index (χ1n) is 2.02. The fourth-order valence-corrected chi connectivity index (χ4v) is 14.0. The van der Waals surface area contributed by atoms with E-state index in [4.69, 9.17) is 0 Å². The fourth-order valence-electron chi connectivity index (χ4n) is 0.674. The largest absolute Gasteiger partial charge is 0.271 e. The van der Waals surface area contributed by atoms with Gasteiger partial charge in [-0.2, -0.15) is 0 Å². The summed E-state index contributed by atoms with van der Waals surface area (Å²) < 4.78 is 11.4. The van der Waals surface area contributed by atoms with Crippen molar-refractivity contribution in [2.75, 3.05) is 0 Å². The van der Waals surface area contributed by atoms with E-state index in [1.807, 2.05) is 7.12 Å². The van der Waals surface area contributed by atoms with Gasteiger partial charge >= 0.3 is 0 Å². The first-order chi connectivity index (χ1) is 2.96. The second-order valence-corrected chi connectivity index (χ2v) is 14.5. The Morgan fingerprint density at radius 1 is 1.71 bits per heavy atom. The first kappa shape index (κ1) is 4.76. The van der Waals surface area contributed by atoms with Crippen LogP contribution in [0.3, 0.4) is 0 Å². The molecule has 2 rings (SSSR count). The zero-order valence-electron chi connectivity index (χ0n) is 4.13. The summed E-state index contributed by atoms with van der Waals surface area (Å²) in [7, 11) is 5.17. The second kappa shape index (κ2) is 0.676. The first-order valence-corrected chi connectivity index (χ1v) is 7.06. The zero-order valence-corrected chi connectivity index (χ0v) is 6.58. The van der Waals surface area contributed by atoms with Gasteiger partial charge in [-0.1, -0.05) is 21.6 Å². The molecule has 0 aromatic carbocycles. The van der Waals surface area contributed by atoms with E-state index >= 15 is 0 Å². The lowest BCUT2D eigenvalue weighted by Gasteiger charge is -1.90. The number of rotatable bonds is 0. The molecule has 7 heavy (non-hydrogen) atoms. The Labute approximate surface area is 50.5 Å². The maximum atomic E-state index is 11.2. The molecule has 0 aliphatic carbocycles. The van der Waals surface area contributed by atoms with Crippen molar-refractivity contribution in [3.05, 3.63) is 0 Å². The quantitative estimate of drug-likeness (QED) is 0.283. The van der Waals surface area contributed by atoms with Gasteiger partial charge in [0.15, 0.2) is 0 Å². The lowest BCUT2D eigenvalue weighted by atomic mass is 10.8. The third kappa shape index (κ3) is 0.318. The molecule has 0 N–H and O–H groups in total. The lowest BCUT2D eigenvalue weighted by molar-refractivity contribution is 0.691. The third-order valence-corrected chi connectivity index (χ3v) is 15.1. The molecule has 2 aliphatic heterocycles. The van der Waals surface area contributed by atoms with Crippen LogP contribution >= 0.6 is 21.6 Å². The van der Waals surface area contributed by atoms with Crippen molar-refractivity contribution in [1.29, 1.82) is 0 Å². The van der Waals surface area contributed by atoms with Crippen LogP contribution in [0, 0.1) is 0 Å². The van der Waals surface area contributed by atoms with Crippen molar-refractivity contribution in [1.82, 2.24) is 0 Å². The van der Waals surface area contributed by atoms with Crippen molar-refractivity contribution in [2.45, 2.75) is 10.3 Å². The molecular formula is C2H5BOS3. The van der Waals surface area contributed by atoms with Crippen molar-refractivity contribution >= 4 is 35.7 Å². The molecule has 0 aromatic rings. The van der Waals surface area contributed by atoms with Crippen LogP contribution < -0.4 is 0 Å². The van der Waals surface area contributed by atoms with Gasteiger partial charge < -0.3 is 0 Å². The highest BCUT2D eigenvalue weighted by Gasteiger charge is 2.87. The van der Waals surface area contributed by atoms with Gasteiger partial charge in [-0.05, 0) is 13.9 Å². The van der Waals surface area contributed by atoms with E-state index in [1.165, 1.54) is 0 Å². The summed E-state index contributed by atoms with van der Waals surface area (Å²) in [4.78, 5) is 0. The number of hydrogen-bond acceptors (Lipinski definition) is 3. The Kier molecular flexibility index (Phi) is 0.460. The van der Waals surface area contributed by atoms with Crippen molar-refractivity contribution in [3.8, 4) is 0 Å². The van der Waals surface area contributed by atoms with E-state index in [0.29, 0.717) is 0 Å². The molecule has 0 saturated carbocycles. The molecule has 2 fully saturated rings. The smallest absolute Gasteiger partial charge is 0.218 e. The van der Waals surface area contributed by atoms with E-state index in [-0.39, 0.29) is 3.41 Å². The molecule has 0 unspecified atom stereocenters. The van der Waals surface area contributed by atoms with Gasteiger partial charge in [0, 0.05) is 0 Å². The molecule has 40 valence electrons. The predicted octanol–water partition coefficient (Wildman–Crippen LogP) is 0.352. The summed E-state index contributed by atoms with van der Waals surface area (Å²) in [5.41, 5.74) is 0. The van der Waals surface area contributed by atoms with Gasteiger partial charge in [0.25, 0.3) is 0 Å². The summed E-state index contributed by atoms with van der Waals surface area (Å²) in [5, 5.41) is 0. The van der Waals surface area contributed by atoms with E-state index in [0.717, 1.165) is 0 Å². The van der Waals surface area contributed by atoms with Gasteiger partial charge in [-0.25, -0.2) is 0 Å². The topological polar surface area (TPSA) is 17.1 Å². The summed E-state index contributed by atoms with van der Waals surface area (Å²) in [6, 6.07) is 0. The second-order valence-electron chi connectivity index (χ2n) is 2.19. The lowest BCUT2D eigenvalue weighted by Crippen LogP contribution is -1.89. The summed E-state index contributed by atoms with van der Waals surface area (Å²) in [5.74, 6) is 0. The number of hydrogen-bond donors (Lipinski definition) is 0. The Bertz CT molecular complexity index is 199. The SMILES string of the molecule is BS12(=O)SC1(C)S2. The maximum Gasteiger partial charge on any atom is 0.218 e. The normalized spacial score (nSPS) is 63.9. The van der Waals surface area contributed by atoms with Crippen molar-refractivity contribution in [2.24, 2.45) is 0 Å². The fraction of sp³-hybridized carbons (Fsp3) is 1.00. The van der Waals surface area contributed by atoms with Gasteiger partial charge in [0.05, 0.1) is 0 Å². The van der Waals surface area contributed by atoms with Crippen LogP contribution in [-0.2, 0) is 6.98 Å². The monoisotopic (exact) mass is 152 g/mol. The van der Waals surface area contributed by atoms with E-state index in [2.05, 4.69) is 6.92 Å². The Balaban J connectivity index is 2.62. The van der Waals surface area contributed by atoms with Crippen LogP contribution in [0.15, 0.2) is 0 Å². The minimum absolute atomic E-state index is 0.178. The summed E-state index contributed by atoms with van der Waals surface area (Å²) >= 11 is 0. The third-order valence-electron chi connectivity index (χ3n) is 1.46. The van der Waals surface area contributed by atoms with Crippen molar-refractivity contribution < 1.29 is 4.21 Å². The molecule has 0 radical (unpaired) electrons. The molecule has 0 spiro atoms. The summed E-state index contributed by atoms with van der Waals surface area (Å²) in [6.07, 6.45) is 0. The Morgan fingerprint density at radius 3 is 1.86 bits per heavy atom. The van der Waals surface area contributed by atoms with Gasteiger partial charge in [-0.3, -0.25) is 4.21 Å². The van der Waals surface area contributed by atoms with Gasteiger partial charge in [0.2, 0.25) is 7.12 Å². The molecule has 2 aliphatic rings. The molecule has 5 heteroatoms. The van der Waals surface area contributed by atoms with Crippen LogP contribution in [0.4, 0.5) is 0 Å². The standard InChI is InChI=1S/C2H5BOS3/c1-2-5-7(2,3,4)6-2/h3H2,1H3. The minimum Gasteiger partial charge on any atom is -0.271 e. The number of fused-ring (bicyclic) bond motifs is 1. The Morgan fingerprint density at radius 2 is 1.86 bits per heavy atom. The average molecular weight is 152 g/mol. The molecule has 0 amide bonds. The maximum absolute atomic E-state index is 11.2. The summed E-state index contributed by atoms with van der Waals surface area (Å²) in [6.45, 7) is 0.0829. The molecule has 2 heterocycles. The van der Waals surface area contributed by atoms with Crippen LogP contribution in [-0.4, -0.2) is 14.7 Å². The van der Waals surface area contributed by atoms with Gasteiger partial charge in [0.1, 0.15) is 3.41 Å². The minimum atomic E-state index is -1.97. The van der Waals surface area contributed by atoms with Crippen LogP contribution in [0.25, 0.3) is 0 Å². The highest BCUT2D eigenvalue weighted by atomic mass is 33.7. The predicted molar refractivity (Wildman–Crippen MR) is 40.3 cm³/mol. The van der Waals surface area contributed by atoms with E-state index in [1.54, 1.807) is 21.6 Å². The van der Waals surface area contributed by atoms with Crippen LogP contribution in [0.5, 0.6) is 0 Å². The molecule has 2 saturated heterocycles. The molecule has 0 bridgehead atoms. The molecule has 0 atom stereocenters. The highest BCUT2D eigenvalue weighted by molar-refractivity contribution is 9.50. The van der Waals surface area contributed by atoms with E-state index in [9.17, 15) is 4.21 Å².